The van der Waals surface area contributed by atoms with Crippen molar-refractivity contribution in [3.63, 3.8) is 0 Å². The lowest BCUT2D eigenvalue weighted by Gasteiger charge is -2.20. The van der Waals surface area contributed by atoms with Gasteiger partial charge < -0.3 is 10.2 Å². The Bertz CT molecular complexity index is 526. The number of aromatic nitrogens is 2. The summed E-state index contributed by atoms with van der Waals surface area (Å²) in [5, 5.41) is 7.45. The molecule has 1 aliphatic heterocycles. The number of likely N-dealkylation sites (tertiary alicyclic amines) is 1. The van der Waals surface area contributed by atoms with E-state index in [0.29, 0.717) is 0 Å². The Morgan fingerprint density at radius 2 is 2.09 bits per heavy atom. The van der Waals surface area contributed by atoms with E-state index in [-0.39, 0.29) is 31.1 Å². The van der Waals surface area contributed by atoms with Crippen LogP contribution in [-0.2, 0) is 4.79 Å². The minimum absolute atomic E-state index is 0.0730. The van der Waals surface area contributed by atoms with Gasteiger partial charge >= 0.3 is 6.18 Å². The molecule has 124 valence electrons. The molecular formula is C14H21F3N4O. The van der Waals surface area contributed by atoms with Crippen molar-refractivity contribution in [3.05, 3.63) is 18.0 Å². The summed E-state index contributed by atoms with van der Waals surface area (Å²) in [4.78, 5) is 12.5. The van der Waals surface area contributed by atoms with Gasteiger partial charge in [0.2, 0.25) is 5.91 Å². The summed E-state index contributed by atoms with van der Waals surface area (Å²) in [5.74, 6) is -0.458. The van der Waals surface area contributed by atoms with Gasteiger partial charge in [-0.2, -0.15) is 18.3 Å². The van der Waals surface area contributed by atoms with Crippen LogP contribution in [0.3, 0.4) is 0 Å². The largest absolute Gasteiger partial charge is 0.406 e. The van der Waals surface area contributed by atoms with E-state index in [2.05, 4.69) is 10.4 Å². The number of rotatable bonds is 5. The first-order valence-corrected chi connectivity index (χ1v) is 7.30. The lowest BCUT2D eigenvalue weighted by Crippen LogP contribution is -2.38. The number of hydrogen-bond acceptors (Lipinski definition) is 3. The van der Waals surface area contributed by atoms with Gasteiger partial charge in [0.15, 0.2) is 0 Å². The van der Waals surface area contributed by atoms with Crippen LogP contribution in [0.25, 0.3) is 0 Å². The molecule has 0 aromatic carbocycles. The molecule has 0 saturated carbocycles. The zero-order chi connectivity index (χ0) is 16.5. The van der Waals surface area contributed by atoms with Crippen LogP contribution < -0.4 is 5.32 Å². The van der Waals surface area contributed by atoms with Crippen LogP contribution in [0.15, 0.2) is 12.4 Å². The van der Waals surface area contributed by atoms with Gasteiger partial charge in [0.05, 0.1) is 6.20 Å². The monoisotopic (exact) mass is 318 g/mol. The number of carbonyl (C=O) groups is 1. The van der Waals surface area contributed by atoms with E-state index >= 15 is 0 Å². The molecule has 0 radical (unpaired) electrons. The normalized spacial score (nSPS) is 21.0. The third-order valence-electron chi connectivity index (χ3n) is 3.72. The number of alkyl halides is 3. The van der Waals surface area contributed by atoms with E-state index in [1.165, 1.54) is 0 Å². The molecule has 2 atom stereocenters. The van der Waals surface area contributed by atoms with Crippen molar-refractivity contribution in [2.45, 2.75) is 51.5 Å². The molecule has 8 heteroatoms. The van der Waals surface area contributed by atoms with Gasteiger partial charge in [-0.15, -0.1) is 0 Å². The highest BCUT2D eigenvalue weighted by Crippen LogP contribution is 2.22. The quantitative estimate of drug-likeness (QED) is 0.906. The predicted octanol–water partition coefficient (Wildman–Crippen LogP) is 2.28. The molecule has 2 rings (SSSR count). The molecule has 1 amide bonds. The number of nitrogens with one attached hydrogen (secondary N) is 1. The van der Waals surface area contributed by atoms with Crippen LogP contribution in [0.2, 0.25) is 0 Å². The zero-order valence-corrected chi connectivity index (χ0v) is 12.9. The van der Waals surface area contributed by atoms with Crippen molar-refractivity contribution in [1.82, 2.24) is 20.0 Å². The standard InChI is InChI=1S/C14H21F3N4O/c1-9(2)21-6-11(5-18-21)10(3)19-12-4-13(22)20(7-12)8-14(15,16)17/h5-6,9-10,12,19H,4,7-8H2,1-3H3/t10-,12+/m1/s1. The summed E-state index contributed by atoms with van der Waals surface area (Å²) in [5.41, 5.74) is 0.954. The van der Waals surface area contributed by atoms with Crippen LogP contribution in [0.5, 0.6) is 0 Å². The van der Waals surface area contributed by atoms with Crippen molar-refractivity contribution < 1.29 is 18.0 Å². The van der Waals surface area contributed by atoms with Crippen molar-refractivity contribution in [1.29, 1.82) is 0 Å². The van der Waals surface area contributed by atoms with Crippen LogP contribution in [0.1, 0.15) is 44.8 Å². The van der Waals surface area contributed by atoms with Crippen LogP contribution in [0.4, 0.5) is 13.2 Å². The van der Waals surface area contributed by atoms with Crippen LogP contribution in [-0.4, -0.2) is 45.9 Å². The minimum Gasteiger partial charge on any atom is -0.332 e. The maximum absolute atomic E-state index is 12.4. The maximum Gasteiger partial charge on any atom is 0.406 e. The molecule has 0 bridgehead atoms. The lowest BCUT2D eigenvalue weighted by molar-refractivity contribution is -0.157. The Morgan fingerprint density at radius 1 is 1.41 bits per heavy atom. The van der Waals surface area contributed by atoms with E-state index in [0.717, 1.165) is 10.5 Å². The van der Waals surface area contributed by atoms with Crippen molar-refractivity contribution >= 4 is 5.91 Å². The van der Waals surface area contributed by atoms with Crippen molar-refractivity contribution in [2.24, 2.45) is 0 Å². The molecule has 22 heavy (non-hydrogen) atoms. The third kappa shape index (κ3) is 4.22. The van der Waals surface area contributed by atoms with Crippen LogP contribution >= 0.6 is 0 Å². The number of halogens is 3. The molecule has 0 unspecified atom stereocenters. The van der Waals surface area contributed by atoms with Gasteiger partial charge in [0.25, 0.3) is 0 Å². The first-order chi connectivity index (χ1) is 10.2. The smallest absolute Gasteiger partial charge is 0.332 e. The van der Waals surface area contributed by atoms with Gasteiger partial charge in [0, 0.05) is 42.9 Å². The molecule has 1 saturated heterocycles. The highest BCUT2D eigenvalue weighted by atomic mass is 19.4. The second kappa shape index (κ2) is 6.28. The summed E-state index contributed by atoms with van der Waals surface area (Å²) in [6, 6.07) is -0.0975. The fraction of sp³-hybridized carbons (Fsp3) is 0.714. The summed E-state index contributed by atoms with van der Waals surface area (Å²) in [7, 11) is 0. The van der Waals surface area contributed by atoms with E-state index in [1.54, 1.807) is 6.20 Å². The predicted molar refractivity (Wildman–Crippen MR) is 75.2 cm³/mol. The Labute approximate surface area is 127 Å². The average Bonchev–Trinajstić information content (AvgIpc) is 2.95. The summed E-state index contributed by atoms with van der Waals surface area (Å²) < 4.78 is 39.0. The Kier molecular flexibility index (Phi) is 4.79. The molecule has 1 aliphatic rings. The SMILES string of the molecule is CC(C)n1cc([C@@H](C)N[C@H]2CC(=O)N(CC(F)(F)F)C2)cn1. The summed E-state index contributed by atoms with van der Waals surface area (Å²) >= 11 is 0. The Hall–Kier alpha value is -1.57. The highest BCUT2D eigenvalue weighted by molar-refractivity contribution is 5.79. The first-order valence-electron chi connectivity index (χ1n) is 7.30. The van der Waals surface area contributed by atoms with Gasteiger partial charge in [-0.3, -0.25) is 9.48 Å². The molecule has 1 aromatic rings. The fourth-order valence-electron chi connectivity index (χ4n) is 2.56. The average molecular weight is 318 g/mol. The topological polar surface area (TPSA) is 50.2 Å². The van der Waals surface area contributed by atoms with Gasteiger partial charge in [-0.05, 0) is 20.8 Å². The lowest BCUT2D eigenvalue weighted by atomic mass is 10.1. The van der Waals surface area contributed by atoms with E-state index in [1.807, 2.05) is 31.6 Å². The zero-order valence-electron chi connectivity index (χ0n) is 12.9. The molecule has 2 heterocycles. The van der Waals surface area contributed by atoms with Gasteiger partial charge in [-0.25, -0.2) is 0 Å². The number of hydrogen-bond donors (Lipinski definition) is 1. The molecule has 0 spiro atoms. The Morgan fingerprint density at radius 3 is 2.64 bits per heavy atom. The van der Waals surface area contributed by atoms with E-state index in [9.17, 15) is 18.0 Å². The second-order valence-corrected chi connectivity index (χ2v) is 6.03. The van der Waals surface area contributed by atoms with E-state index < -0.39 is 18.6 Å². The molecular weight excluding hydrogens is 297 g/mol. The van der Waals surface area contributed by atoms with Crippen molar-refractivity contribution in [3.8, 4) is 0 Å². The van der Waals surface area contributed by atoms with E-state index in [4.69, 9.17) is 0 Å². The maximum atomic E-state index is 12.4. The molecule has 1 N–H and O–H groups in total. The van der Waals surface area contributed by atoms with Crippen molar-refractivity contribution in [2.75, 3.05) is 13.1 Å². The van der Waals surface area contributed by atoms with Crippen LogP contribution in [0, 0.1) is 0 Å². The molecule has 5 nitrogen and oxygen atoms in total. The number of amides is 1. The van der Waals surface area contributed by atoms with Gasteiger partial charge in [0.1, 0.15) is 6.54 Å². The fourth-order valence-corrected chi connectivity index (χ4v) is 2.56. The Balaban J connectivity index is 1.92. The minimum atomic E-state index is -4.35. The third-order valence-corrected chi connectivity index (χ3v) is 3.72. The first kappa shape index (κ1) is 16.8. The summed E-state index contributed by atoms with van der Waals surface area (Å²) in [6.45, 7) is 4.85. The number of carbonyl (C=O) groups excluding carboxylic acids is 1. The second-order valence-electron chi connectivity index (χ2n) is 6.03. The molecule has 1 fully saturated rings. The molecule has 0 aliphatic carbocycles. The number of nitrogens with zero attached hydrogens (tertiary/aromatic N) is 3. The van der Waals surface area contributed by atoms with Gasteiger partial charge in [-0.1, -0.05) is 0 Å². The highest BCUT2D eigenvalue weighted by Gasteiger charge is 2.38. The molecule has 1 aromatic heterocycles. The summed E-state index contributed by atoms with van der Waals surface area (Å²) in [6.07, 6.45) is -0.609.